The smallest absolute Gasteiger partial charge is 0.230 e. The van der Waals surface area contributed by atoms with Crippen molar-refractivity contribution in [1.29, 1.82) is 0 Å². The van der Waals surface area contributed by atoms with Gasteiger partial charge in [0, 0.05) is 25.3 Å². The monoisotopic (exact) mass is 221 g/mol. The fraction of sp³-hybridized carbons (Fsp3) is 0.182. The number of aromatic nitrogens is 1. The van der Waals surface area contributed by atoms with Crippen LogP contribution in [0.25, 0.3) is 11.1 Å². The van der Waals surface area contributed by atoms with Gasteiger partial charge in [0.15, 0.2) is 0 Å². The first-order chi connectivity index (χ1) is 7.59. The fourth-order valence-electron chi connectivity index (χ4n) is 1.56. The van der Waals surface area contributed by atoms with Crippen molar-refractivity contribution in [3.8, 4) is 11.1 Å². The molecule has 1 aromatic heterocycles. The van der Waals surface area contributed by atoms with Gasteiger partial charge in [-0.1, -0.05) is 5.16 Å². The van der Waals surface area contributed by atoms with Crippen LogP contribution in [-0.2, 0) is 0 Å². The quantitative estimate of drug-likeness (QED) is 0.844. The molecule has 0 radical (unpaired) electrons. The highest BCUT2D eigenvalue weighted by Gasteiger charge is 2.13. The van der Waals surface area contributed by atoms with Gasteiger partial charge in [0.05, 0.1) is 11.8 Å². The van der Waals surface area contributed by atoms with Crippen molar-refractivity contribution in [1.82, 2.24) is 5.16 Å². The van der Waals surface area contributed by atoms with E-state index in [4.69, 9.17) is 10.3 Å². The molecule has 0 bridgehead atoms. The van der Waals surface area contributed by atoms with Crippen molar-refractivity contribution >= 4 is 11.6 Å². The highest BCUT2D eigenvalue weighted by atomic mass is 19.1. The summed E-state index contributed by atoms with van der Waals surface area (Å²) >= 11 is 0. The number of benzene rings is 1. The summed E-state index contributed by atoms with van der Waals surface area (Å²) in [6, 6.07) is 4.51. The number of rotatable bonds is 2. The van der Waals surface area contributed by atoms with Crippen LogP contribution >= 0.6 is 0 Å². The Kier molecular flexibility index (Phi) is 2.52. The summed E-state index contributed by atoms with van der Waals surface area (Å²) in [5, 5.41) is 3.59. The zero-order valence-corrected chi connectivity index (χ0v) is 9.07. The average molecular weight is 221 g/mol. The Bertz CT molecular complexity index is 508. The van der Waals surface area contributed by atoms with Gasteiger partial charge in [-0.2, -0.15) is 0 Å². The van der Waals surface area contributed by atoms with Crippen molar-refractivity contribution in [2.75, 3.05) is 24.7 Å². The number of anilines is 2. The topological polar surface area (TPSA) is 55.3 Å². The normalized spacial score (nSPS) is 10.4. The number of nitrogens with zero attached hydrogens (tertiary/aromatic N) is 2. The molecular formula is C11H12FN3O. The second-order valence-electron chi connectivity index (χ2n) is 3.66. The second-order valence-corrected chi connectivity index (χ2v) is 3.66. The molecule has 0 atom stereocenters. The van der Waals surface area contributed by atoms with Crippen molar-refractivity contribution in [2.24, 2.45) is 0 Å². The van der Waals surface area contributed by atoms with Gasteiger partial charge in [-0.25, -0.2) is 4.39 Å². The van der Waals surface area contributed by atoms with E-state index in [1.165, 1.54) is 18.3 Å². The number of nitrogen functional groups attached to an aromatic ring is 1. The van der Waals surface area contributed by atoms with Crippen molar-refractivity contribution in [3.63, 3.8) is 0 Å². The summed E-state index contributed by atoms with van der Waals surface area (Å²) in [7, 11) is 3.75. The van der Waals surface area contributed by atoms with Crippen molar-refractivity contribution in [3.05, 3.63) is 30.2 Å². The molecule has 0 saturated heterocycles. The molecule has 0 amide bonds. The number of nitrogens with two attached hydrogens (primary N) is 1. The SMILES string of the molecule is CN(C)c1ccc(F)cc1-c1cnoc1N. The minimum atomic E-state index is -0.318. The molecule has 2 rings (SSSR count). The van der Waals surface area contributed by atoms with Crippen molar-refractivity contribution in [2.45, 2.75) is 0 Å². The maximum atomic E-state index is 13.2. The van der Waals surface area contributed by atoms with Crippen LogP contribution in [0.4, 0.5) is 16.0 Å². The number of hydrogen-bond donors (Lipinski definition) is 1. The average Bonchev–Trinajstić information content (AvgIpc) is 2.63. The van der Waals surface area contributed by atoms with Crippen LogP contribution in [0.15, 0.2) is 28.9 Å². The third kappa shape index (κ3) is 1.71. The van der Waals surface area contributed by atoms with Gasteiger partial charge in [0.2, 0.25) is 5.88 Å². The van der Waals surface area contributed by atoms with Crippen LogP contribution in [0.3, 0.4) is 0 Å². The highest BCUT2D eigenvalue weighted by molar-refractivity contribution is 5.83. The molecule has 1 heterocycles. The zero-order chi connectivity index (χ0) is 11.7. The van der Waals surface area contributed by atoms with Crippen LogP contribution in [-0.4, -0.2) is 19.3 Å². The molecule has 5 heteroatoms. The maximum absolute atomic E-state index is 13.2. The van der Waals surface area contributed by atoms with Gasteiger partial charge in [-0.15, -0.1) is 0 Å². The Balaban J connectivity index is 2.63. The molecule has 1 aromatic carbocycles. The third-order valence-corrected chi connectivity index (χ3v) is 2.33. The summed E-state index contributed by atoms with van der Waals surface area (Å²) in [5.74, 6) is -0.130. The van der Waals surface area contributed by atoms with Gasteiger partial charge in [0.1, 0.15) is 5.82 Å². The Labute approximate surface area is 92.4 Å². The van der Waals surface area contributed by atoms with Crippen LogP contribution < -0.4 is 10.6 Å². The van der Waals surface area contributed by atoms with E-state index in [0.717, 1.165) is 5.69 Å². The van der Waals surface area contributed by atoms with Crippen LogP contribution in [0.5, 0.6) is 0 Å². The Hall–Kier alpha value is -2.04. The Morgan fingerprint density at radius 1 is 1.31 bits per heavy atom. The molecule has 4 nitrogen and oxygen atoms in total. The van der Waals surface area contributed by atoms with E-state index in [0.29, 0.717) is 11.1 Å². The molecule has 2 aromatic rings. The van der Waals surface area contributed by atoms with Gasteiger partial charge < -0.3 is 15.2 Å². The minimum absolute atomic E-state index is 0.189. The lowest BCUT2D eigenvalue weighted by molar-refractivity contribution is 0.436. The lowest BCUT2D eigenvalue weighted by Gasteiger charge is -2.16. The first-order valence-corrected chi connectivity index (χ1v) is 4.77. The molecule has 0 aliphatic heterocycles. The molecule has 0 saturated carbocycles. The first kappa shape index (κ1) is 10.5. The van der Waals surface area contributed by atoms with Crippen LogP contribution in [0.1, 0.15) is 0 Å². The van der Waals surface area contributed by atoms with Gasteiger partial charge in [-0.3, -0.25) is 0 Å². The second kappa shape index (κ2) is 3.84. The minimum Gasteiger partial charge on any atom is -0.377 e. The molecular weight excluding hydrogens is 209 g/mol. The first-order valence-electron chi connectivity index (χ1n) is 4.77. The fourth-order valence-corrected chi connectivity index (χ4v) is 1.56. The van der Waals surface area contributed by atoms with Gasteiger partial charge in [-0.05, 0) is 18.2 Å². The summed E-state index contributed by atoms with van der Waals surface area (Å²) in [6.45, 7) is 0. The summed E-state index contributed by atoms with van der Waals surface area (Å²) in [5.41, 5.74) is 7.75. The number of hydrogen-bond acceptors (Lipinski definition) is 4. The van der Waals surface area contributed by atoms with Crippen LogP contribution in [0.2, 0.25) is 0 Å². The Morgan fingerprint density at radius 3 is 2.62 bits per heavy atom. The predicted molar refractivity (Wildman–Crippen MR) is 60.6 cm³/mol. The van der Waals surface area contributed by atoms with E-state index in [-0.39, 0.29) is 11.7 Å². The molecule has 0 aliphatic rings. The lowest BCUT2D eigenvalue weighted by Crippen LogP contribution is -2.10. The largest absolute Gasteiger partial charge is 0.377 e. The van der Waals surface area contributed by atoms with E-state index < -0.39 is 0 Å². The molecule has 84 valence electrons. The van der Waals surface area contributed by atoms with E-state index in [2.05, 4.69) is 5.16 Å². The lowest BCUT2D eigenvalue weighted by atomic mass is 10.1. The molecule has 2 N–H and O–H groups in total. The van der Waals surface area contributed by atoms with Gasteiger partial charge >= 0.3 is 0 Å². The summed E-state index contributed by atoms with van der Waals surface area (Å²) in [6.07, 6.45) is 1.48. The molecule has 0 aliphatic carbocycles. The molecule has 0 unspecified atom stereocenters. The number of halogens is 1. The predicted octanol–water partition coefficient (Wildman–Crippen LogP) is 2.13. The van der Waals surface area contributed by atoms with Crippen LogP contribution in [0, 0.1) is 5.82 Å². The summed E-state index contributed by atoms with van der Waals surface area (Å²) in [4.78, 5) is 1.88. The molecule has 16 heavy (non-hydrogen) atoms. The maximum Gasteiger partial charge on any atom is 0.230 e. The Morgan fingerprint density at radius 2 is 2.06 bits per heavy atom. The van der Waals surface area contributed by atoms with Gasteiger partial charge in [0.25, 0.3) is 0 Å². The standard InChI is InChI=1S/C11H12FN3O/c1-15(2)10-4-3-7(12)5-8(10)9-6-14-16-11(9)13/h3-6H,13H2,1-2H3. The summed E-state index contributed by atoms with van der Waals surface area (Å²) < 4.78 is 18.0. The highest BCUT2D eigenvalue weighted by Crippen LogP contribution is 2.33. The molecule has 0 spiro atoms. The third-order valence-electron chi connectivity index (χ3n) is 2.33. The molecule has 0 fully saturated rings. The van der Waals surface area contributed by atoms with E-state index in [9.17, 15) is 4.39 Å². The zero-order valence-electron chi connectivity index (χ0n) is 9.07. The van der Waals surface area contributed by atoms with E-state index in [1.807, 2.05) is 19.0 Å². The van der Waals surface area contributed by atoms with E-state index in [1.54, 1.807) is 6.07 Å². The van der Waals surface area contributed by atoms with Crippen molar-refractivity contribution < 1.29 is 8.91 Å². The van der Waals surface area contributed by atoms with E-state index >= 15 is 0 Å².